The molecule has 0 radical (unpaired) electrons. The number of hydrogen-bond donors (Lipinski definition) is 0. The van der Waals surface area contributed by atoms with Crippen LogP contribution in [-0.4, -0.2) is 0 Å². The summed E-state index contributed by atoms with van der Waals surface area (Å²) < 4.78 is 0. The lowest BCUT2D eigenvalue weighted by molar-refractivity contribution is 0.591. The van der Waals surface area contributed by atoms with Crippen molar-refractivity contribution in [3.05, 3.63) is 174 Å². The first-order chi connectivity index (χ1) is 23.7. The zero-order chi connectivity index (χ0) is 33.9. The van der Waals surface area contributed by atoms with Gasteiger partial charge in [0.05, 0.1) is 11.4 Å². The highest BCUT2D eigenvalue weighted by atomic mass is 15.2. The van der Waals surface area contributed by atoms with Crippen molar-refractivity contribution in [1.29, 1.82) is 0 Å². The zero-order valence-corrected chi connectivity index (χ0v) is 29.4. The number of fused-ring (bicyclic) bond motifs is 4. The zero-order valence-electron chi connectivity index (χ0n) is 29.4. The van der Waals surface area contributed by atoms with E-state index in [1.165, 1.54) is 83.5 Å². The minimum absolute atomic E-state index is 0.0686. The van der Waals surface area contributed by atoms with Gasteiger partial charge in [-0.25, -0.2) is 0 Å². The predicted octanol–water partition coefficient (Wildman–Crippen LogP) is 13.6. The Kier molecular flexibility index (Phi) is 7.34. The summed E-state index contributed by atoms with van der Waals surface area (Å²) in [6.45, 7) is 13.9. The van der Waals surface area contributed by atoms with Gasteiger partial charge < -0.3 is 4.90 Å². The van der Waals surface area contributed by atoms with Crippen LogP contribution in [0.1, 0.15) is 56.9 Å². The Bertz CT molecular complexity index is 2370. The molecular formula is C48H43N. The van der Waals surface area contributed by atoms with E-state index >= 15 is 0 Å². The van der Waals surface area contributed by atoms with Gasteiger partial charge in [-0.3, -0.25) is 0 Å². The highest BCUT2D eigenvalue weighted by Crippen LogP contribution is 2.56. The van der Waals surface area contributed by atoms with Crippen LogP contribution in [0.25, 0.3) is 44.2 Å². The summed E-state index contributed by atoms with van der Waals surface area (Å²) in [5, 5.41) is 2.52. The van der Waals surface area contributed by atoms with Crippen LogP contribution in [0, 0.1) is 6.92 Å². The maximum absolute atomic E-state index is 2.55. The third-order valence-corrected chi connectivity index (χ3v) is 10.6. The van der Waals surface area contributed by atoms with Gasteiger partial charge in [-0.1, -0.05) is 168 Å². The van der Waals surface area contributed by atoms with Gasteiger partial charge in [0.15, 0.2) is 0 Å². The molecule has 0 atom stereocenters. The fourth-order valence-corrected chi connectivity index (χ4v) is 8.15. The van der Waals surface area contributed by atoms with Crippen molar-refractivity contribution in [3.63, 3.8) is 0 Å². The summed E-state index contributed by atoms with van der Waals surface area (Å²) in [5.74, 6) is 0. The van der Waals surface area contributed by atoms with Crippen molar-refractivity contribution >= 4 is 27.8 Å². The third kappa shape index (κ3) is 4.99. The molecule has 0 aromatic heterocycles. The third-order valence-electron chi connectivity index (χ3n) is 10.6. The van der Waals surface area contributed by atoms with E-state index in [-0.39, 0.29) is 10.8 Å². The molecule has 0 unspecified atom stereocenters. The quantitative estimate of drug-likeness (QED) is 0.182. The van der Waals surface area contributed by atoms with Crippen molar-refractivity contribution < 1.29 is 0 Å². The molecule has 0 saturated carbocycles. The maximum atomic E-state index is 2.55. The topological polar surface area (TPSA) is 3.24 Å². The van der Waals surface area contributed by atoms with Gasteiger partial charge in [-0.2, -0.15) is 0 Å². The van der Waals surface area contributed by atoms with Gasteiger partial charge in [0.1, 0.15) is 0 Å². The smallest absolute Gasteiger partial charge is 0.0543 e. The average Bonchev–Trinajstić information content (AvgIpc) is 3.35. The minimum atomic E-state index is -0.0989. The first-order valence-corrected chi connectivity index (χ1v) is 17.5. The number of hydrogen-bond acceptors (Lipinski definition) is 1. The molecule has 1 nitrogen and oxygen atoms in total. The predicted molar refractivity (Wildman–Crippen MR) is 211 cm³/mol. The minimum Gasteiger partial charge on any atom is -0.309 e. The van der Waals surface area contributed by atoms with Crippen molar-refractivity contribution in [1.82, 2.24) is 0 Å². The van der Waals surface area contributed by atoms with Crippen molar-refractivity contribution in [2.24, 2.45) is 0 Å². The molecule has 240 valence electrons. The van der Waals surface area contributed by atoms with Crippen LogP contribution in [0.3, 0.4) is 0 Å². The molecule has 0 saturated heterocycles. The second-order valence-electron chi connectivity index (χ2n) is 15.0. The summed E-state index contributed by atoms with van der Waals surface area (Å²) in [4.78, 5) is 2.55. The number of aryl methyl sites for hydroxylation is 1. The molecule has 1 aliphatic rings. The first-order valence-electron chi connectivity index (χ1n) is 17.5. The van der Waals surface area contributed by atoms with Gasteiger partial charge in [0.25, 0.3) is 0 Å². The lowest BCUT2D eigenvalue weighted by Crippen LogP contribution is -2.20. The molecule has 0 spiro atoms. The number of anilines is 3. The Labute approximate surface area is 291 Å². The SMILES string of the molecule is Cc1ccccc1-c1ccc(-c2ccccc2N(c2ccccc2C(C)(C)C)c2cccc3c2-c2ccccc2C3(C)C)c2ccccc12. The fourth-order valence-electron chi connectivity index (χ4n) is 8.15. The second-order valence-corrected chi connectivity index (χ2v) is 15.0. The molecule has 0 bridgehead atoms. The molecule has 0 heterocycles. The molecular weight excluding hydrogens is 591 g/mol. The molecule has 8 rings (SSSR count). The Morgan fingerprint density at radius 3 is 1.63 bits per heavy atom. The van der Waals surface area contributed by atoms with Gasteiger partial charge >= 0.3 is 0 Å². The summed E-state index contributed by atoms with van der Waals surface area (Å²) in [7, 11) is 0. The normalized spacial score (nSPS) is 13.3. The van der Waals surface area contributed by atoms with Gasteiger partial charge in [0.2, 0.25) is 0 Å². The summed E-state index contributed by atoms with van der Waals surface area (Å²) in [6.07, 6.45) is 0. The van der Waals surface area contributed by atoms with E-state index in [0.717, 1.165) is 0 Å². The molecule has 1 aliphatic carbocycles. The molecule has 0 fully saturated rings. The van der Waals surface area contributed by atoms with E-state index in [4.69, 9.17) is 0 Å². The van der Waals surface area contributed by atoms with Crippen LogP contribution >= 0.6 is 0 Å². The Morgan fingerprint density at radius 1 is 0.429 bits per heavy atom. The summed E-state index contributed by atoms with van der Waals surface area (Å²) in [5.41, 5.74) is 16.4. The Balaban J connectivity index is 1.44. The van der Waals surface area contributed by atoms with E-state index in [9.17, 15) is 0 Å². The van der Waals surface area contributed by atoms with E-state index in [2.05, 4.69) is 198 Å². The number of rotatable bonds is 5. The Morgan fingerprint density at radius 2 is 0.939 bits per heavy atom. The highest BCUT2D eigenvalue weighted by Gasteiger charge is 2.38. The standard InChI is InChI=1S/C48H43N/c1-32-18-7-8-19-33(32)36-30-31-37(35-21-10-9-20-34(35)36)38-22-12-15-27-43(38)49(44-28-16-14-25-41(44)47(2,3)4)45-29-17-26-42-46(45)39-23-11-13-24-40(39)48(42,5)6/h7-31H,1-6H3. The molecule has 7 aromatic carbocycles. The van der Waals surface area contributed by atoms with Crippen LogP contribution < -0.4 is 4.90 Å². The van der Waals surface area contributed by atoms with Gasteiger partial charge in [-0.05, 0) is 85.8 Å². The van der Waals surface area contributed by atoms with Crippen molar-refractivity contribution in [2.45, 2.75) is 52.4 Å². The van der Waals surface area contributed by atoms with Gasteiger partial charge in [-0.15, -0.1) is 0 Å². The van der Waals surface area contributed by atoms with Crippen LogP contribution in [0.5, 0.6) is 0 Å². The monoisotopic (exact) mass is 633 g/mol. The molecule has 0 amide bonds. The molecule has 0 N–H and O–H groups in total. The Hall–Kier alpha value is -5.40. The van der Waals surface area contributed by atoms with E-state index in [1.807, 2.05) is 0 Å². The molecule has 7 aromatic rings. The van der Waals surface area contributed by atoms with E-state index in [0.29, 0.717) is 0 Å². The van der Waals surface area contributed by atoms with Crippen LogP contribution in [0.2, 0.25) is 0 Å². The van der Waals surface area contributed by atoms with Crippen molar-refractivity contribution in [2.75, 3.05) is 4.90 Å². The lowest BCUT2D eigenvalue weighted by atomic mass is 9.82. The van der Waals surface area contributed by atoms with Crippen LogP contribution in [-0.2, 0) is 10.8 Å². The van der Waals surface area contributed by atoms with Crippen molar-refractivity contribution in [3.8, 4) is 33.4 Å². The van der Waals surface area contributed by atoms with E-state index < -0.39 is 0 Å². The van der Waals surface area contributed by atoms with E-state index in [1.54, 1.807) is 0 Å². The van der Waals surface area contributed by atoms with Crippen LogP contribution in [0.4, 0.5) is 17.1 Å². The molecule has 49 heavy (non-hydrogen) atoms. The van der Waals surface area contributed by atoms with Crippen LogP contribution in [0.15, 0.2) is 152 Å². The highest BCUT2D eigenvalue weighted by molar-refractivity contribution is 6.08. The van der Waals surface area contributed by atoms with Gasteiger partial charge in [0, 0.05) is 22.2 Å². The lowest BCUT2D eigenvalue weighted by Gasteiger charge is -2.34. The largest absolute Gasteiger partial charge is 0.309 e. The number of nitrogens with zero attached hydrogens (tertiary/aromatic N) is 1. The number of benzene rings is 7. The fraction of sp³-hybridized carbons (Fsp3) is 0.167. The average molecular weight is 634 g/mol. The second kappa shape index (κ2) is 11.6. The number of para-hydroxylation sites is 2. The maximum Gasteiger partial charge on any atom is 0.0543 e. The molecule has 0 aliphatic heterocycles. The summed E-state index contributed by atoms with van der Waals surface area (Å²) >= 11 is 0. The summed E-state index contributed by atoms with van der Waals surface area (Å²) in [6, 6.07) is 56.1. The molecule has 1 heteroatoms. The first kappa shape index (κ1) is 30.9.